The maximum atomic E-state index is 5.60. The molecule has 0 atom stereocenters. The lowest BCUT2D eigenvalue weighted by atomic mass is 10.2. The number of rotatable bonds is 3. The van der Waals surface area contributed by atoms with E-state index < -0.39 is 0 Å². The van der Waals surface area contributed by atoms with E-state index in [-0.39, 0.29) is 0 Å². The van der Waals surface area contributed by atoms with Crippen LogP contribution in [0.25, 0.3) is 0 Å². The molecule has 0 aliphatic heterocycles. The van der Waals surface area contributed by atoms with E-state index in [1.165, 1.54) is 11.5 Å². The molecule has 7 heteroatoms. The maximum Gasteiger partial charge on any atom is 0.207 e. The van der Waals surface area contributed by atoms with Crippen LogP contribution in [0, 0.1) is 6.92 Å². The number of nitrogens with zero attached hydrogens (tertiary/aromatic N) is 3. The van der Waals surface area contributed by atoms with Crippen LogP contribution in [0.5, 0.6) is 0 Å². The molecule has 0 amide bonds. The van der Waals surface area contributed by atoms with Gasteiger partial charge in [0.1, 0.15) is 10.8 Å². The predicted octanol–water partition coefficient (Wildman–Crippen LogP) is 1.62. The first kappa shape index (κ1) is 10.9. The van der Waals surface area contributed by atoms with Gasteiger partial charge >= 0.3 is 0 Å². The van der Waals surface area contributed by atoms with Gasteiger partial charge in [0.05, 0.1) is 11.9 Å². The van der Waals surface area contributed by atoms with Crippen molar-refractivity contribution in [2.45, 2.75) is 6.92 Å². The molecule has 0 saturated heterocycles. The molecule has 2 rings (SSSR count). The number of thiocarbonyl (C=S) groups is 1. The van der Waals surface area contributed by atoms with E-state index in [1.54, 1.807) is 18.5 Å². The molecule has 0 bridgehead atoms. The van der Waals surface area contributed by atoms with Gasteiger partial charge in [-0.15, -0.1) is 0 Å². The van der Waals surface area contributed by atoms with Gasteiger partial charge in [-0.2, -0.15) is 4.37 Å². The van der Waals surface area contributed by atoms with Crippen molar-refractivity contribution in [2.75, 3.05) is 5.32 Å². The molecule has 2 aromatic rings. The third kappa shape index (κ3) is 2.31. The Kier molecular flexibility index (Phi) is 3.07. The largest absolute Gasteiger partial charge is 0.389 e. The first-order chi connectivity index (χ1) is 7.66. The Labute approximate surface area is 102 Å². The van der Waals surface area contributed by atoms with Crippen LogP contribution >= 0.6 is 23.8 Å². The van der Waals surface area contributed by atoms with E-state index in [4.69, 9.17) is 18.0 Å². The van der Waals surface area contributed by atoms with Gasteiger partial charge in [-0.05, 0) is 13.0 Å². The second-order valence-corrected chi connectivity index (χ2v) is 4.25. The third-order valence-electron chi connectivity index (χ3n) is 1.86. The molecule has 0 radical (unpaired) electrons. The van der Waals surface area contributed by atoms with Gasteiger partial charge in [-0.3, -0.25) is 4.98 Å². The molecular formula is C9H9N5S2. The molecule has 3 N–H and O–H groups in total. The van der Waals surface area contributed by atoms with Crippen molar-refractivity contribution < 1.29 is 0 Å². The van der Waals surface area contributed by atoms with Crippen LogP contribution in [0.4, 0.5) is 10.8 Å². The van der Waals surface area contributed by atoms with Crippen LogP contribution in [-0.4, -0.2) is 19.3 Å². The molecule has 0 spiro atoms. The average Bonchev–Trinajstić information content (AvgIpc) is 2.64. The Hall–Kier alpha value is -1.60. The fourth-order valence-corrected chi connectivity index (χ4v) is 1.94. The number of aryl methyl sites for hydroxylation is 1. The Morgan fingerprint density at radius 1 is 1.56 bits per heavy atom. The SMILES string of the molecule is Cc1nsc(Nc2cnccc2C(N)=S)n1. The van der Waals surface area contributed by atoms with Gasteiger partial charge in [-0.1, -0.05) is 12.2 Å². The summed E-state index contributed by atoms with van der Waals surface area (Å²) in [6.07, 6.45) is 3.30. The summed E-state index contributed by atoms with van der Waals surface area (Å²) in [6.45, 7) is 1.83. The van der Waals surface area contributed by atoms with Gasteiger partial charge in [0.2, 0.25) is 5.13 Å². The number of anilines is 2. The highest BCUT2D eigenvalue weighted by atomic mass is 32.1. The average molecular weight is 251 g/mol. The standard InChI is InChI=1S/C9H9N5S2/c1-5-12-9(16-14-5)13-7-4-11-3-2-6(7)8(10)15/h2-4H,1H3,(H2,10,15)(H,12,13,14). The molecule has 0 aliphatic carbocycles. The summed E-state index contributed by atoms with van der Waals surface area (Å²) in [5.74, 6) is 0.730. The molecule has 0 aromatic carbocycles. The van der Waals surface area contributed by atoms with E-state index in [0.29, 0.717) is 10.1 Å². The van der Waals surface area contributed by atoms with E-state index >= 15 is 0 Å². The van der Waals surface area contributed by atoms with Crippen LogP contribution in [0.2, 0.25) is 0 Å². The van der Waals surface area contributed by atoms with E-state index in [1.807, 2.05) is 6.92 Å². The quantitative estimate of drug-likeness (QED) is 0.807. The zero-order valence-electron chi connectivity index (χ0n) is 8.47. The number of pyridine rings is 1. The van der Waals surface area contributed by atoms with Crippen LogP contribution < -0.4 is 11.1 Å². The van der Waals surface area contributed by atoms with Crippen LogP contribution in [0.15, 0.2) is 18.5 Å². The molecule has 0 saturated carbocycles. The second-order valence-electron chi connectivity index (χ2n) is 3.06. The second kappa shape index (κ2) is 4.50. The van der Waals surface area contributed by atoms with Crippen molar-refractivity contribution in [1.29, 1.82) is 0 Å². The van der Waals surface area contributed by atoms with Gasteiger partial charge in [0.15, 0.2) is 0 Å². The molecular weight excluding hydrogens is 242 g/mol. The fourth-order valence-electron chi connectivity index (χ4n) is 1.17. The first-order valence-electron chi connectivity index (χ1n) is 4.48. The monoisotopic (exact) mass is 251 g/mol. The molecule has 0 aliphatic rings. The number of aromatic nitrogens is 3. The maximum absolute atomic E-state index is 5.60. The molecule has 0 fully saturated rings. The van der Waals surface area contributed by atoms with Gasteiger partial charge < -0.3 is 11.1 Å². The summed E-state index contributed by atoms with van der Waals surface area (Å²) in [4.78, 5) is 8.53. The number of hydrogen-bond donors (Lipinski definition) is 2. The van der Waals surface area contributed by atoms with E-state index in [0.717, 1.165) is 17.1 Å². The van der Waals surface area contributed by atoms with Crippen LogP contribution in [-0.2, 0) is 0 Å². The van der Waals surface area contributed by atoms with E-state index in [2.05, 4.69) is 19.7 Å². The van der Waals surface area contributed by atoms with Gasteiger partial charge in [-0.25, -0.2) is 4.98 Å². The first-order valence-corrected chi connectivity index (χ1v) is 5.66. The van der Waals surface area contributed by atoms with Crippen molar-refractivity contribution in [3.63, 3.8) is 0 Å². The summed E-state index contributed by atoms with van der Waals surface area (Å²) >= 11 is 6.23. The molecule has 0 unspecified atom stereocenters. The Morgan fingerprint density at radius 3 is 3.00 bits per heavy atom. The molecule has 5 nitrogen and oxygen atoms in total. The zero-order valence-corrected chi connectivity index (χ0v) is 10.1. The molecule has 16 heavy (non-hydrogen) atoms. The van der Waals surface area contributed by atoms with Crippen molar-refractivity contribution in [2.24, 2.45) is 5.73 Å². The summed E-state index contributed by atoms with van der Waals surface area (Å²) in [5.41, 5.74) is 7.09. The highest BCUT2D eigenvalue weighted by Crippen LogP contribution is 2.20. The van der Waals surface area contributed by atoms with Gasteiger partial charge in [0.25, 0.3) is 0 Å². The Balaban J connectivity index is 2.31. The number of nitrogens with two attached hydrogens (primary N) is 1. The van der Waals surface area contributed by atoms with Crippen molar-refractivity contribution in [3.05, 3.63) is 29.8 Å². The minimum atomic E-state index is 0.325. The Bertz CT molecular complexity index is 522. The van der Waals surface area contributed by atoms with Crippen LogP contribution in [0.1, 0.15) is 11.4 Å². The number of nitrogens with one attached hydrogen (secondary N) is 1. The van der Waals surface area contributed by atoms with Crippen molar-refractivity contribution in [1.82, 2.24) is 14.3 Å². The summed E-state index contributed by atoms with van der Waals surface area (Å²) in [5, 5.41) is 3.79. The summed E-state index contributed by atoms with van der Waals surface area (Å²) < 4.78 is 4.07. The van der Waals surface area contributed by atoms with Crippen molar-refractivity contribution >= 4 is 39.6 Å². The lowest BCUT2D eigenvalue weighted by molar-refractivity contribution is 1.16. The highest BCUT2D eigenvalue weighted by Gasteiger charge is 2.07. The van der Waals surface area contributed by atoms with Crippen molar-refractivity contribution in [3.8, 4) is 0 Å². The minimum Gasteiger partial charge on any atom is -0.389 e. The number of hydrogen-bond acceptors (Lipinski definition) is 6. The lowest BCUT2D eigenvalue weighted by Gasteiger charge is -2.06. The summed E-state index contributed by atoms with van der Waals surface area (Å²) in [7, 11) is 0. The Morgan fingerprint density at radius 2 is 2.38 bits per heavy atom. The van der Waals surface area contributed by atoms with Gasteiger partial charge in [0, 0.05) is 23.3 Å². The predicted molar refractivity (Wildman–Crippen MR) is 68.1 cm³/mol. The third-order valence-corrected chi connectivity index (χ3v) is 2.80. The lowest BCUT2D eigenvalue weighted by Crippen LogP contribution is -2.12. The molecule has 82 valence electrons. The molecule has 2 aromatic heterocycles. The van der Waals surface area contributed by atoms with E-state index in [9.17, 15) is 0 Å². The zero-order chi connectivity index (χ0) is 11.5. The smallest absolute Gasteiger partial charge is 0.207 e. The summed E-state index contributed by atoms with van der Waals surface area (Å²) in [6, 6.07) is 1.76. The fraction of sp³-hybridized carbons (Fsp3) is 0.111. The minimum absolute atomic E-state index is 0.325. The topological polar surface area (TPSA) is 76.7 Å². The highest BCUT2D eigenvalue weighted by molar-refractivity contribution is 7.80. The molecule has 2 heterocycles. The normalized spacial score (nSPS) is 10.1. The van der Waals surface area contributed by atoms with Crippen LogP contribution in [0.3, 0.4) is 0 Å².